The molecule has 0 bridgehead atoms. The predicted molar refractivity (Wildman–Crippen MR) is 68.6 cm³/mol. The summed E-state index contributed by atoms with van der Waals surface area (Å²) in [5.41, 5.74) is 7.83. The van der Waals surface area contributed by atoms with Crippen LogP contribution in [0.25, 0.3) is 11.3 Å². The number of hydrogen-bond acceptors (Lipinski definition) is 4. The quantitative estimate of drug-likeness (QED) is 0.866. The Balaban J connectivity index is 2.49. The first-order chi connectivity index (χ1) is 7.56. The summed E-state index contributed by atoms with van der Waals surface area (Å²) in [6, 6.07) is 3.95. The third kappa shape index (κ3) is 2.22. The molecule has 0 aliphatic heterocycles. The average Bonchev–Trinajstić information content (AvgIpc) is 2.64. The third-order valence-corrected chi connectivity index (χ3v) is 3.17. The number of nitrogen functional groups attached to an aromatic ring is 1. The van der Waals surface area contributed by atoms with Crippen molar-refractivity contribution in [3.05, 3.63) is 28.2 Å². The lowest BCUT2D eigenvalue weighted by Crippen LogP contribution is -2.02. The molecule has 2 rings (SSSR count). The second-order valence-electron chi connectivity index (χ2n) is 4.14. The number of nitrogens with two attached hydrogens (primary N) is 1. The second-order valence-corrected chi connectivity index (χ2v) is 5.25. The molecule has 0 saturated carbocycles. The molecule has 0 atom stereocenters. The van der Waals surface area contributed by atoms with Crippen molar-refractivity contribution in [1.82, 2.24) is 9.97 Å². The molecule has 2 heterocycles. The summed E-state index contributed by atoms with van der Waals surface area (Å²) in [6.45, 7) is 6.22. The van der Waals surface area contributed by atoms with Gasteiger partial charge in [-0.2, -0.15) is 0 Å². The zero-order valence-corrected chi connectivity index (χ0v) is 10.5. The van der Waals surface area contributed by atoms with Crippen LogP contribution < -0.4 is 5.73 Å². The van der Waals surface area contributed by atoms with E-state index in [1.54, 1.807) is 11.3 Å². The van der Waals surface area contributed by atoms with Gasteiger partial charge in [0.25, 0.3) is 0 Å². The molecule has 84 valence electrons. The SMILES string of the molecule is Cc1cc(-c2cc(N)nc(C(C)C)n2)cs1. The average molecular weight is 233 g/mol. The summed E-state index contributed by atoms with van der Waals surface area (Å²) in [4.78, 5) is 10.0. The second kappa shape index (κ2) is 4.22. The summed E-state index contributed by atoms with van der Waals surface area (Å²) in [5, 5.41) is 2.10. The van der Waals surface area contributed by atoms with Crippen LogP contribution in [0.1, 0.15) is 30.5 Å². The Bertz CT molecular complexity index is 503. The highest BCUT2D eigenvalue weighted by atomic mass is 32.1. The molecule has 0 radical (unpaired) electrons. The van der Waals surface area contributed by atoms with Crippen molar-refractivity contribution in [3.63, 3.8) is 0 Å². The van der Waals surface area contributed by atoms with Crippen LogP contribution in [0.2, 0.25) is 0 Å². The first kappa shape index (κ1) is 11.1. The smallest absolute Gasteiger partial charge is 0.133 e. The van der Waals surface area contributed by atoms with Gasteiger partial charge in [0.15, 0.2) is 0 Å². The molecule has 0 spiro atoms. The van der Waals surface area contributed by atoms with Gasteiger partial charge < -0.3 is 5.73 Å². The Morgan fingerprint density at radius 2 is 2.00 bits per heavy atom. The largest absolute Gasteiger partial charge is 0.384 e. The first-order valence-corrected chi connectivity index (χ1v) is 6.14. The molecule has 0 aliphatic rings. The van der Waals surface area contributed by atoms with Crippen LogP contribution in [0.5, 0.6) is 0 Å². The van der Waals surface area contributed by atoms with E-state index in [0.29, 0.717) is 11.7 Å². The standard InChI is InChI=1S/C12H15N3S/c1-7(2)12-14-10(5-11(13)15-12)9-4-8(3)16-6-9/h4-7H,1-3H3,(H2,13,14,15). The predicted octanol–water partition coefficient (Wildman–Crippen LogP) is 3.22. The van der Waals surface area contributed by atoms with E-state index in [-0.39, 0.29) is 0 Å². The molecule has 3 nitrogen and oxygen atoms in total. The molecule has 4 heteroatoms. The maximum absolute atomic E-state index is 5.79. The van der Waals surface area contributed by atoms with Crippen LogP contribution in [0, 0.1) is 6.92 Å². The number of nitrogens with zero attached hydrogens (tertiary/aromatic N) is 2. The number of hydrogen-bond donors (Lipinski definition) is 1. The normalized spacial score (nSPS) is 11.0. The van der Waals surface area contributed by atoms with E-state index in [1.807, 2.05) is 6.07 Å². The van der Waals surface area contributed by atoms with Crippen molar-refractivity contribution in [3.8, 4) is 11.3 Å². The molecule has 0 aliphatic carbocycles. The molecule has 0 unspecified atom stereocenters. The summed E-state index contributed by atoms with van der Waals surface area (Å²) < 4.78 is 0. The van der Waals surface area contributed by atoms with Gasteiger partial charge in [0.1, 0.15) is 11.6 Å². The molecule has 2 aromatic heterocycles. The van der Waals surface area contributed by atoms with Crippen LogP contribution in [0.3, 0.4) is 0 Å². The van der Waals surface area contributed by atoms with Crippen molar-refractivity contribution in [1.29, 1.82) is 0 Å². The van der Waals surface area contributed by atoms with Gasteiger partial charge >= 0.3 is 0 Å². The Morgan fingerprint density at radius 1 is 1.25 bits per heavy atom. The lowest BCUT2D eigenvalue weighted by Gasteiger charge is -2.06. The van der Waals surface area contributed by atoms with Crippen LogP contribution in [-0.2, 0) is 0 Å². The summed E-state index contributed by atoms with van der Waals surface area (Å²) >= 11 is 1.72. The van der Waals surface area contributed by atoms with Crippen LogP contribution in [0.4, 0.5) is 5.82 Å². The molecule has 0 saturated heterocycles. The highest BCUT2D eigenvalue weighted by Gasteiger charge is 2.08. The molecule has 0 fully saturated rings. The molecular formula is C12H15N3S. The van der Waals surface area contributed by atoms with Gasteiger partial charge in [-0.1, -0.05) is 13.8 Å². The van der Waals surface area contributed by atoms with Crippen molar-refractivity contribution >= 4 is 17.2 Å². The van der Waals surface area contributed by atoms with Crippen LogP contribution >= 0.6 is 11.3 Å². The number of aromatic nitrogens is 2. The minimum absolute atomic E-state index is 0.294. The lowest BCUT2D eigenvalue weighted by atomic mass is 10.1. The Morgan fingerprint density at radius 3 is 2.56 bits per heavy atom. The zero-order chi connectivity index (χ0) is 11.7. The van der Waals surface area contributed by atoms with Crippen LogP contribution in [-0.4, -0.2) is 9.97 Å². The topological polar surface area (TPSA) is 51.8 Å². The van der Waals surface area contributed by atoms with Gasteiger partial charge in [-0.3, -0.25) is 0 Å². The fraction of sp³-hybridized carbons (Fsp3) is 0.333. The maximum Gasteiger partial charge on any atom is 0.133 e. The molecule has 0 aromatic carbocycles. The number of aryl methyl sites for hydroxylation is 1. The van der Waals surface area contributed by atoms with E-state index >= 15 is 0 Å². The van der Waals surface area contributed by atoms with Crippen LogP contribution in [0.15, 0.2) is 17.5 Å². The number of rotatable bonds is 2. The van der Waals surface area contributed by atoms with E-state index in [9.17, 15) is 0 Å². The zero-order valence-electron chi connectivity index (χ0n) is 9.69. The molecule has 0 amide bonds. The Kier molecular flexibility index (Phi) is 2.92. The van der Waals surface area contributed by atoms with E-state index in [1.165, 1.54) is 4.88 Å². The fourth-order valence-electron chi connectivity index (χ4n) is 1.47. The summed E-state index contributed by atoms with van der Waals surface area (Å²) in [5.74, 6) is 1.64. The lowest BCUT2D eigenvalue weighted by molar-refractivity contribution is 0.779. The Labute approximate surface area is 99.4 Å². The van der Waals surface area contributed by atoms with E-state index < -0.39 is 0 Å². The monoisotopic (exact) mass is 233 g/mol. The highest BCUT2D eigenvalue weighted by molar-refractivity contribution is 7.10. The van der Waals surface area contributed by atoms with Gasteiger partial charge in [-0.25, -0.2) is 9.97 Å². The highest BCUT2D eigenvalue weighted by Crippen LogP contribution is 2.25. The number of anilines is 1. The Hall–Kier alpha value is -1.42. The molecular weight excluding hydrogens is 218 g/mol. The third-order valence-electron chi connectivity index (χ3n) is 2.31. The molecule has 2 N–H and O–H groups in total. The summed E-state index contributed by atoms with van der Waals surface area (Å²) in [6.07, 6.45) is 0. The first-order valence-electron chi connectivity index (χ1n) is 5.26. The van der Waals surface area contributed by atoms with Crippen molar-refractivity contribution in [2.24, 2.45) is 0 Å². The minimum Gasteiger partial charge on any atom is -0.384 e. The van der Waals surface area contributed by atoms with E-state index in [0.717, 1.165) is 17.1 Å². The maximum atomic E-state index is 5.79. The van der Waals surface area contributed by atoms with Gasteiger partial charge in [-0.15, -0.1) is 11.3 Å². The minimum atomic E-state index is 0.294. The molecule has 2 aromatic rings. The fourth-order valence-corrected chi connectivity index (χ4v) is 2.17. The van der Waals surface area contributed by atoms with E-state index in [4.69, 9.17) is 5.73 Å². The van der Waals surface area contributed by atoms with Gasteiger partial charge in [-0.05, 0) is 13.0 Å². The number of thiophene rings is 1. The van der Waals surface area contributed by atoms with Crippen molar-refractivity contribution in [2.45, 2.75) is 26.7 Å². The van der Waals surface area contributed by atoms with Crippen molar-refractivity contribution in [2.75, 3.05) is 5.73 Å². The van der Waals surface area contributed by atoms with Gasteiger partial charge in [0, 0.05) is 27.8 Å². The van der Waals surface area contributed by atoms with Crippen molar-refractivity contribution < 1.29 is 0 Å². The van der Waals surface area contributed by atoms with Gasteiger partial charge in [0.2, 0.25) is 0 Å². The molecule has 16 heavy (non-hydrogen) atoms. The van der Waals surface area contributed by atoms with Gasteiger partial charge in [0.05, 0.1) is 5.69 Å². The summed E-state index contributed by atoms with van der Waals surface area (Å²) in [7, 11) is 0. The van der Waals surface area contributed by atoms with E-state index in [2.05, 4.69) is 42.2 Å².